The fourth-order valence-corrected chi connectivity index (χ4v) is 4.88. The minimum atomic E-state index is -1.04. The van der Waals surface area contributed by atoms with Gasteiger partial charge in [0.1, 0.15) is 11.9 Å². The number of rotatable bonds is 6. The van der Waals surface area contributed by atoms with E-state index in [-0.39, 0.29) is 41.8 Å². The number of fused-ring (bicyclic) bond motifs is 1. The summed E-state index contributed by atoms with van der Waals surface area (Å²) >= 11 is 5.77. The van der Waals surface area contributed by atoms with E-state index in [9.17, 15) is 18.8 Å². The Morgan fingerprint density at radius 3 is 2.69 bits per heavy atom. The van der Waals surface area contributed by atoms with Crippen LogP contribution < -0.4 is 0 Å². The number of hydrogen-bond donors (Lipinski definition) is 0. The van der Waals surface area contributed by atoms with Gasteiger partial charge in [0.25, 0.3) is 0 Å². The molecule has 7 heteroatoms. The Morgan fingerprint density at radius 1 is 1.27 bits per heavy atom. The predicted molar refractivity (Wildman–Crippen MR) is 89.0 cm³/mol. The predicted octanol–water partition coefficient (Wildman–Crippen LogP) is 2.75. The minimum Gasteiger partial charge on any atom is -0.462 e. The lowest BCUT2D eigenvalue weighted by Gasteiger charge is -2.25. The Morgan fingerprint density at radius 2 is 2.00 bits per heavy atom. The summed E-state index contributed by atoms with van der Waals surface area (Å²) in [5.41, 5.74) is 0.252. The summed E-state index contributed by atoms with van der Waals surface area (Å²) in [5.74, 6) is -2.47. The van der Waals surface area contributed by atoms with Gasteiger partial charge in [-0.15, -0.1) is 11.6 Å². The number of hydrogen-bond acceptors (Lipinski definition) is 5. The Balaban J connectivity index is 1.50. The number of ketones is 1. The molecular formula is C19H18ClFO5. The first kappa shape index (κ1) is 17.5. The largest absolute Gasteiger partial charge is 0.462 e. The summed E-state index contributed by atoms with van der Waals surface area (Å²) in [6.45, 7) is 0. The number of halogens is 2. The molecule has 0 amide bonds. The highest BCUT2D eigenvalue weighted by Crippen LogP contribution is 2.58. The molecule has 0 spiro atoms. The standard InChI is InChI=1S/C19H18ClFO5/c20-6-5-13(17(22)9-1-3-11(21)4-2-9)25-18(23)15-10-7-12-14(8-10)26-19(24)16(12)15/h1-4,10,12-16H,5-8H2/t10-,12+,13+,14+,15-,16-/m1/s1. The van der Waals surface area contributed by atoms with E-state index in [4.69, 9.17) is 21.1 Å². The van der Waals surface area contributed by atoms with Crippen molar-refractivity contribution < 1.29 is 28.2 Å². The maximum Gasteiger partial charge on any atom is 0.310 e. The van der Waals surface area contributed by atoms with Crippen molar-refractivity contribution in [1.82, 2.24) is 0 Å². The SMILES string of the molecule is O=C(O[C@@H](CCCl)C(=O)c1ccc(F)cc1)[C@@H]1[C@@H]2C[C@@H]3[C@H]1C(=O)O[C@H]3C2. The van der Waals surface area contributed by atoms with Gasteiger partial charge in [-0.1, -0.05) is 0 Å². The van der Waals surface area contributed by atoms with Crippen molar-refractivity contribution in [3.63, 3.8) is 0 Å². The van der Waals surface area contributed by atoms with E-state index in [1.165, 1.54) is 24.3 Å². The van der Waals surface area contributed by atoms with Crippen LogP contribution in [0.25, 0.3) is 0 Å². The van der Waals surface area contributed by atoms with E-state index in [1.54, 1.807) is 0 Å². The molecule has 0 unspecified atom stereocenters. The number of benzene rings is 1. The van der Waals surface area contributed by atoms with Crippen molar-refractivity contribution in [2.75, 3.05) is 5.88 Å². The van der Waals surface area contributed by atoms with Crippen LogP contribution in [0.4, 0.5) is 4.39 Å². The lowest BCUT2D eigenvalue weighted by molar-refractivity contribution is -0.158. The number of alkyl halides is 1. The molecule has 0 aromatic heterocycles. The first-order valence-corrected chi connectivity index (χ1v) is 9.29. The molecule has 1 aliphatic heterocycles. The normalized spacial score (nSPS) is 32.4. The monoisotopic (exact) mass is 380 g/mol. The van der Waals surface area contributed by atoms with Gasteiger partial charge in [-0.25, -0.2) is 4.39 Å². The Hall–Kier alpha value is -1.95. The average molecular weight is 381 g/mol. The van der Waals surface area contributed by atoms with Gasteiger partial charge in [0, 0.05) is 23.8 Å². The highest BCUT2D eigenvalue weighted by atomic mass is 35.5. The van der Waals surface area contributed by atoms with Crippen molar-refractivity contribution in [2.45, 2.75) is 31.5 Å². The molecule has 1 aromatic carbocycles. The number of carbonyl (C=O) groups is 3. The Labute approximate surface area is 154 Å². The second kappa shape index (κ2) is 6.65. The van der Waals surface area contributed by atoms with Crippen LogP contribution in [0.1, 0.15) is 29.6 Å². The molecule has 4 rings (SSSR count). The van der Waals surface area contributed by atoms with Crippen LogP contribution in [-0.4, -0.2) is 35.8 Å². The molecule has 1 saturated heterocycles. The van der Waals surface area contributed by atoms with Crippen molar-refractivity contribution in [3.8, 4) is 0 Å². The third-order valence-corrected chi connectivity index (χ3v) is 6.02. The summed E-state index contributed by atoms with van der Waals surface area (Å²) in [4.78, 5) is 37.4. The molecule has 26 heavy (non-hydrogen) atoms. The first-order chi connectivity index (χ1) is 12.5. The van der Waals surface area contributed by atoms with Crippen LogP contribution in [-0.2, 0) is 19.1 Å². The van der Waals surface area contributed by atoms with Crippen molar-refractivity contribution in [3.05, 3.63) is 35.6 Å². The summed E-state index contributed by atoms with van der Waals surface area (Å²) in [7, 11) is 0. The maximum atomic E-state index is 13.1. The molecule has 2 aliphatic carbocycles. The third-order valence-electron chi connectivity index (χ3n) is 5.81. The summed E-state index contributed by atoms with van der Waals surface area (Å²) in [5, 5.41) is 0. The van der Waals surface area contributed by atoms with Gasteiger partial charge < -0.3 is 9.47 Å². The number of ether oxygens (including phenoxy) is 2. The minimum absolute atomic E-state index is 0.0616. The number of carbonyl (C=O) groups excluding carboxylic acids is 3. The second-order valence-corrected chi connectivity index (χ2v) is 7.57. The van der Waals surface area contributed by atoms with Crippen molar-refractivity contribution in [2.24, 2.45) is 23.7 Å². The quantitative estimate of drug-likeness (QED) is 0.431. The van der Waals surface area contributed by atoms with Crippen LogP contribution in [0.2, 0.25) is 0 Å². The fourth-order valence-electron chi connectivity index (χ4n) is 4.69. The highest BCUT2D eigenvalue weighted by Gasteiger charge is 2.64. The maximum absolute atomic E-state index is 13.1. The van der Waals surface area contributed by atoms with Gasteiger partial charge in [-0.05, 0) is 43.0 Å². The first-order valence-electron chi connectivity index (χ1n) is 8.76. The fraction of sp³-hybridized carbons (Fsp3) is 0.526. The van der Waals surface area contributed by atoms with E-state index in [0.717, 1.165) is 6.42 Å². The van der Waals surface area contributed by atoms with E-state index in [1.807, 2.05) is 0 Å². The average Bonchev–Trinajstić information content (AvgIpc) is 3.23. The zero-order chi connectivity index (χ0) is 18.4. The molecule has 5 nitrogen and oxygen atoms in total. The Bertz CT molecular complexity index is 747. The topological polar surface area (TPSA) is 69.7 Å². The van der Waals surface area contributed by atoms with Crippen LogP contribution in [0.3, 0.4) is 0 Å². The van der Waals surface area contributed by atoms with Gasteiger partial charge in [-0.2, -0.15) is 0 Å². The molecule has 0 radical (unpaired) electrons. The molecular weight excluding hydrogens is 363 g/mol. The lowest BCUT2D eigenvalue weighted by Crippen LogP contribution is -2.37. The number of Topliss-reactive ketones (excluding diaryl/α,β-unsaturated/α-hetero) is 1. The number of esters is 2. The molecule has 3 fully saturated rings. The molecule has 1 heterocycles. The molecule has 0 N–H and O–H groups in total. The van der Waals surface area contributed by atoms with Gasteiger partial charge in [0.05, 0.1) is 11.8 Å². The second-order valence-electron chi connectivity index (χ2n) is 7.20. The van der Waals surface area contributed by atoms with E-state index >= 15 is 0 Å². The van der Waals surface area contributed by atoms with E-state index in [2.05, 4.69) is 0 Å². The van der Waals surface area contributed by atoms with Crippen LogP contribution in [0.15, 0.2) is 24.3 Å². The molecule has 2 saturated carbocycles. The zero-order valence-corrected chi connectivity index (χ0v) is 14.7. The van der Waals surface area contributed by atoms with Crippen molar-refractivity contribution in [1.29, 1.82) is 0 Å². The summed E-state index contributed by atoms with van der Waals surface area (Å²) < 4.78 is 23.9. The third kappa shape index (κ3) is 2.80. The van der Waals surface area contributed by atoms with Gasteiger partial charge in [-0.3, -0.25) is 14.4 Å². The molecule has 6 atom stereocenters. The van der Waals surface area contributed by atoms with Crippen LogP contribution in [0, 0.1) is 29.5 Å². The molecule has 138 valence electrons. The summed E-state index contributed by atoms with van der Waals surface area (Å²) in [6, 6.07) is 5.06. The Kier molecular flexibility index (Phi) is 4.47. The highest BCUT2D eigenvalue weighted by molar-refractivity contribution is 6.18. The smallest absolute Gasteiger partial charge is 0.310 e. The van der Waals surface area contributed by atoms with Gasteiger partial charge in [0.15, 0.2) is 6.10 Å². The molecule has 3 aliphatic rings. The van der Waals surface area contributed by atoms with Crippen molar-refractivity contribution >= 4 is 29.3 Å². The van der Waals surface area contributed by atoms with Crippen LogP contribution >= 0.6 is 11.6 Å². The van der Waals surface area contributed by atoms with Gasteiger partial charge >= 0.3 is 11.9 Å². The lowest BCUT2D eigenvalue weighted by atomic mass is 9.80. The van der Waals surface area contributed by atoms with E-state index < -0.39 is 35.5 Å². The molecule has 2 bridgehead atoms. The summed E-state index contributed by atoms with van der Waals surface area (Å²) in [6.07, 6.45) is 0.507. The van der Waals surface area contributed by atoms with E-state index in [0.29, 0.717) is 6.42 Å². The molecule has 1 aromatic rings. The zero-order valence-electron chi connectivity index (χ0n) is 13.9. The van der Waals surface area contributed by atoms with Crippen LogP contribution in [0.5, 0.6) is 0 Å². The van der Waals surface area contributed by atoms with Gasteiger partial charge in [0.2, 0.25) is 5.78 Å².